The van der Waals surface area contributed by atoms with Gasteiger partial charge >= 0.3 is 0 Å². The molecular formula is C37H28N4O6. The van der Waals surface area contributed by atoms with E-state index in [2.05, 4.69) is 12.2 Å². The average Bonchev–Trinajstić information content (AvgIpc) is 3.81. The lowest BCUT2D eigenvalue weighted by Crippen LogP contribution is -2.55. The zero-order valence-corrected chi connectivity index (χ0v) is 25.2. The van der Waals surface area contributed by atoms with E-state index in [9.17, 15) is 29.3 Å². The lowest BCUT2D eigenvalue weighted by Gasteiger charge is -2.52. The van der Waals surface area contributed by atoms with Crippen molar-refractivity contribution in [1.29, 1.82) is 0 Å². The van der Waals surface area contributed by atoms with Gasteiger partial charge in [0.25, 0.3) is 17.5 Å². The minimum atomic E-state index is -1.32. The number of benzene rings is 3. The van der Waals surface area contributed by atoms with Gasteiger partial charge in [-0.25, -0.2) is 4.90 Å². The Labute approximate surface area is 268 Å². The van der Waals surface area contributed by atoms with Crippen molar-refractivity contribution in [2.75, 3.05) is 4.90 Å². The molecule has 12 rings (SSSR count). The average molecular weight is 625 g/mol. The van der Waals surface area contributed by atoms with Crippen LogP contribution in [0.4, 0.5) is 11.4 Å². The van der Waals surface area contributed by atoms with Gasteiger partial charge in [0.15, 0.2) is 0 Å². The molecule has 4 bridgehead atoms. The molecule has 2 saturated carbocycles. The summed E-state index contributed by atoms with van der Waals surface area (Å²) in [5.41, 5.74) is 2.17. The van der Waals surface area contributed by atoms with Crippen LogP contribution in [-0.2, 0) is 24.6 Å². The summed E-state index contributed by atoms with van der Waals surface area (Å²) in [7, 11) is 0. The first kappa shape index (κ1) is 26.9. The second-order valence-corrected chi connectivity index (χ2v) is 14.2. The summed E-state index contributed by atoms with van der Waals surface area (Å²) >= 11 is 0. The lowest BCUT2D eigenvalue weighted by molar-refractivity contribution is -0.384. The summed E-state index contributed by atoms with van der Waals surface area (Å²) in [6, 6.07) is 19.7. The third kappa shape index (κ3) is 3.09. The second-order valence-electron chi connectivity index (χ2n) is 14.2. The summed E-state index contributed by atoms with van der Waals surface area (Å²) in [5, 5.41) is 17.9. The number of hydrogen-bond donors (Lipinski definition) is 0. The smallest absolute Gasteiger partial charge is 0.274 e. The normalized spacial score (nSPS) is 36.5. The molecule has 0 radical (unpaired) electrons. The summed E-state index contributed by atoms with van der Waals surface area (Å²) in [5.74, 6) is -3.97. The van der Waals surface area contributed by atoms with Crippen molar-refractivity contribution in [1.82, 2.24) is 5.01 Å². The standard InChI is InChI=1S/C37H28N4O6/c1-17-10-13-26(27(14-17)41(46)47)39-33(42)31-28-20-6-2-4-8-24(20)37(32(31)36(39)45,25-9-5-3-7-21(25)28)16-38-40-34(43)29-18-11-12-19(23-15-22(18)23)30(29)35(40)44/h2-14,16,18-19,22-23,28-32H,15H2,1H3/b38-16-/t18-,19-,22-,23+,28?,29+,30+,31+,32-,37?/m0/s1. The van der Waals surface area contributed by atoms with Crippen LogP contribution in [0.2, 0.25) is 0 Å². The quantitative estimate of drug-likeness (QED) is 0.138. The van der Waals surface area contributed by atoms with E-state index >= 15 is 0 Å². The topological polar surface area (TPSA) is 130 Å². The highest BCUT2D eigenvalue weighted by atomic mass is 16.6. The molecule has 7 aliphatic carbocycles. The van der Waals surface area contributed by atoms with Crippen molar-refractivity contribution in [3.63, 3.8) is 0 Å². The van der Waals surface area contributed by atoms with Crippen LogP contribution in [0, 0.1) is 64.4 Å². The number of anilines is 1. The Morgan fingerprint density at radius 2 is 1.40 bits per heavy atom. The predicted molar refractivity (Wildman–Crippen MR) is 168 cm³/mol. The third-order valence-electron chi connectivity index (χ3n) is 12.3. The summed E-state index contributed by atoms with van der Waals surface area (Å²) in [6.07, 6.45) is 6.82. The van der Waals surface area contributed by atoms with E-state index in [0.29, 0.717) is 17.4 Å². The Morgan fingerprint density at radius 1 is 0.809 bits per heavy atom. The van der Waals surface area contributed by atoms with Gasteiger partial charge in [0.1, 0.15) is 5.69 Å². The van der Waals surface area contributed by atoms with Gasteiger partial charge in [-0.05, 0) is 70.9 Å². The number of amides is 4. The number of allylic oxidation sites excluding steroid dienone is 2. The monoisotopic (exact) mass is 624 g/mol. The highest BCUT2D eigenvalue weighted by Gasteiger charge is 2.70. The summed E-state index contributed by atoms with van der Waals surface area (Å²) in [4.78, 5) is 69.8. The Morgan fingerprint density at radius 3 is 2.00 bits per heavy atom. The molecule has 3 aromatic rings. The first-order chi connectivity index (χ1) is 22.7. The first-order valence-electron chi connectivity index (χ1n) is 16.2. The molecule has 0 spiro atoms. The van der Waals surface area contributed by atoms with Crippen molar-refractivity contribution in [3.8, 4) is 0 Å². The van der Waals surface area contributed by atoms with Crippen molar-refractivity contribution >= 4 is 41.2 Å². The molecule has 8 atom stereocenters. The molecule has 9 aliphatic rings. The maximum absolute atomic E-state index is 14.8. The lowest BCUT2D eigenvalue weighted by atomic mass is 9.47. The number of nitrogens with zero attached hydrogens (tertiary/aromatic N) is 4. The zero-order chi connectivity index (χ0) is 32.1. The molecule has 4 amide bonds. The van der Waals surface area contributed by atoms with Gasteiger partial charge in [-0.1, -0.05) is 66.7 Å². The molecule has 10 heteroatoms. The van der Waals surface area contributed by atoms with Crippen LogP contribution < -0.4 is 4.90 Å². The maximum atomic E-state index is 14.8. The number of nitro benzene ring substituents is 1. The molecule has 0 aromatic heterocycles. The number of hydrogen-bond acceptors (Lipinski definition) is 7. The molecule has 47 heavy (non-hydrogen) atoms. The second kappa shape index (κ2) is 8.76. The molecule has 4 fully saturated rings. The fourth-order valence-electron chi connectivity index (χ4n) is 10.5. The van der Waals surface area contributed by atoms with Crippen LogP contribution in [0.25, 0.3) is 0 Å². The van der Waals surface area contributed by atoms with Gasteiger partial charge in [-0.2, -0.15) is 10.1 Å². The van der Waals surface area contributed by atoms with Gasteiger partial charge in [-0.3, -0.25) is 29.3 Å². The summed E-state index contributed by atoms with van der Waals surface area (Å²) in [6.45, 7) is 1.71. The van der Waals surface area contributed by atoms with E-state index in [-0.39, 0.29) is 35.0 Å². The SMILES string of the molecule is Cc1ccc(N2C(=O)[C@@H]3C4c5ccccc5C(/C=N\N5C(=O)[C@@H]6[C@H]7C=C[C@@H]([C@@H]8C[C@H]78)[C@H]6C5=O)(c5ccccc54)[C@@H]3C2=O)c([N+](=O)[O-])c1. The maximum Gasteiger partial charge on any atom is 0.293 e. The first-order valence-corrected chi connectivity index (χ1v) is 16.2. The molecule has 0 N–H and O–H groups in total. The van der Waals surface area contributed by atoms with Crippen molar-refractivity contribution in [2.45, 2.75) is 24.7 Å². The highest BCUT2D eigenvalue weighted by Crippen LogP contribution is 2.66. The largest absolute Gasteiger partial charge is 0.293 e. The van der Waals surface area contributed by atoms with Crippen molar-refractivity contribution in [2.24, 2.45) is 52.4 Å². The van der Waals surface area contributed by atoms with E-state index < -0.39 is 51.7 Å². The molecule has 2 saturated heterocycles. The minimum Gasteiger partial charge on any atom is -0.274 e. The van der Waals surface area contributed by atoms with Crippen LogP contribution in [0.15, 0.2) is 84.0 Å². The fraction of sp³-hybridized carbons (Fsp3) is 0.324. The van der Waals surface area contributed by atoms with Crippen molar-refractivity contribution < 1.29 is 24.1 Å². The van der Waals surface area contributed by atoms with Crippen LogP contribution in [0.1, 0.15) is 40.2 Å². The number of rotatable bonds is 4. The summed E-state index contributed by atoms with van der Waals surface area (Å²) < 4.78 is 0. The van der Waals surface area contributed by atoms with Crippen LogP contribution in [0.3, 0.4) is 0 Å². The number of carbonyl (C=O) groups is 4. The predicted octanol–water partition coefficient (Wildman–Crippen LogP) is 4.49. The van der Waals surface area contributed by atoms with Gasteiger partial charge in [0, 0.05) is 18.2 Å². The van der Waals surface area contributed by atoms with Crippen LogP contribution >= 0.6 is 0 Å². The van der Waals surface area contributed by atoms with E-state index in [0.717, 1.165) is 38.6 Å². The molecule has 3 aromatic carbocycles. The van der Waals surface area contributed by atoms with Crippen LogP contribution in [0.5, 0.6) is 0 Å². The molecule has 2 aliphatic heterocycles. The number of imide groups is 2. The Hall–Kier alpha value is -5.25. The van der Waals surface area contributed by atoms with Gasteiger partial charge in [-0.15, -0.1) is 0 Å². The number of hydrazone groups is 1. The Kier molecular flexibility index (Phi) is 5.02. The molecular weight excluding hydrogens is 596 g/mol. The Bertz CT molecular complexity index is 2020. The zero-order valence-electron chi connectivity index (χ0n) is 25.2. The number of nitro groups is 1. The van der Waals surface area contributed by atoms with E-state index in [1.54, 1.807) is 19.2 Å². The molecule has 10 nitrogen and oxygen atoms in total. The third-order valence-corrected chi connectivity index (χ3v) is 12.3. The van der Waals surface area contributed by atoms with Gasteiger partial charge < -0.3 is 0 Å². The van der Waals surface area contributed by atoms with Crippen LogP contribution in [-0.4, -0.2) is 39.8 Å². The number of aryl methyl sites for hydroxylation is 1. The van der Waals surface area contributed by atoms with E-state index in [1.807, 2.05) is 48.5 Å². The van der Waals surface area contributed by atoms with E-state index in [4.69, 9.17) is 5.10 Å². The Balaban J connectivity index is 1.16. The minimum absolute atomic E-state index is 0.0358. The number of carbonyl (C=O) groups excluding carboxylic acids is 4. The molecule has 0 unspecified atom stereocenters. The van der Waals surface area contributed by atoms with Gasteiger partial charge in [0.05, 0.1) is 34.0 Å². The highest BCUT2D eigenvalue weighted by molar-refractivity contribution is 6.26. The van der Waals surface area contributed by atoms with Gasteiger partial charge in [0.2, 0.25) is 11.8 Å². The fourth-order valence-corrected chi connectivity index (χ4v) is 10.5. The van der Waals surface area contributed by atoms with Crippen molar-refractivity contribution in [3.05, 3.63) is 117 Å². The van der Waals surface area contributed by atoms with E-state index in [1.165, 1.54) is 12.1 Å². The molecule has 232 valence electrons. The molecule has 2 heterocycles.